The Morgan fingerprint density at radius 2 is 1.89 bits per heavy atom. The number of pyridine rings is 1. The summed E-state index contributed by atoms with van der Waals surface area (Å²) in [4.78, 5) is 4.21. The van der Waals surface area contributed by atoms with Crippen LogP contribution in [0.4, 0.5) is 0 Å². The highest BCUT2D eigenvalue weighted by atomic mass is 79.9. The predicted octanol–water partition coefficient (Wildman–Crippen LogP) is 4.87. The molecule has 1 aromatic carbocycles. The van der Waals surface area contributed by atoms with Gasteiger partial charge in [0.15, 0.2) is 0 Å². The molecule has 0 saturated heterocycles. The maximum Gasteiger partial charge on any atom is 0.0410 e. The number of benzene rings is 1. The van der Waals surface area contributed by atoms with Gasteiger partial charge in [0, 0.05) is 31.9 Å². The van der Waals surface area contributed by atoms with E-state index in [2.05, 4.69) is 76.3 Å². The van der Waals surface area contributed by atoms with Crippen molar-refractivity contribution in [2.24, 2.45) is 0 Å². The van der Waals surface area contributed by atoms with Crippen LogP contribution < -0.4 is 5.32 Å². The van der Waals surface area contributed by atoms with E-state index in [-0.39, 0.29) is 6.04 Å². The molecule has 1 heterocycles. The van der Waals surface area contributed by atoms with E-state index in [9.17, 15) is 0 Å². The fourth-order valence-corrected chi connectivity index (χ4v) is 3.27. The molecule has 0 fully saturated rings. The fourth-order valence-electron chi connectivity index (χ4n) is 1.95. The van der Waals surface area contributed by atoms with E-state index in [1.165, 1.54) is 11.1 Å². The van der Waals surface area contributed by atoms with Gasteiger partial charge in [0.2, 0.25) is 0 Å². The molecule has 0 amide bonds. The van der Waals surface area contributed by atoms with Gasteiger partial charge in [0.05, 0.1) is 0 Å². The van der Waals surface area contributed by atoms with Gasteiger partial charge in [-0.1, -0.05) is 31.9 Å². The second-order valence-corrected chi connectivity index (χ2v) is 6.91. The Hall–Kier alpha value is -0.230. The molecule has 100 valence electrons. The zero-order valence-corrected chi connectivity index (χ0v) is 15.1. The van der Waals surface area contributed by atoms with Crippen LogP contribution in [0.15, 0.2) is 50.1 Å². The number of nitrogens with zero attached hydrogens (tertiary/aromatic N) is 1. The van der Waals surface area contributed by atoms with Gasteiger partial charge in [-0.05, 0) is 64.8 Å². The summed E-state index contributed by atoms with van der Waals surface area (Å²) < 4.78 is 3.20. The monoisotopic (exact) mass is 446 g/mol. The van der Waals surface area contributed by atoms with Crippen molar-refractivity contribution < 1.29 is 0 Å². The van der Waals surface area contributed by atoms with E-state index < -0.39 is 0 Å². The van der Waals surface area contributed by atoms with E-state index in [4.69, 9.17) is 0 Å². The van der Waals surface area contributed by atoms with E-state index in [1.807, 2.05) is 19.3 Å². The van der Waals surface area contributed by atoms with Crippen molar-refractivity contribution in [2.75, 3.05) is 7.05 Å². The molecular weight excluding hydrogens is 436 g/mol. The minimum Gasteiger partial charge on any atom is -0.313 e. The van der Waals surface area contributed by atoms with Crippen molar-refractivity contribution >= 4 is 47.8 Å². The van der Waals surface area contributed by atoms with Crippen LogP contribution in [0.25, 0.3) is 0 Å². The van der Waals surface area contributed by atoms with Crippen LogP contribution in [0, 0.1) is 0 Å². The van der Waals surface area contributed by atoms with Gasteiger partial charge in [-0.3, -0.25) is 4.98 Å². The van der Waals surface area contributed by atoms with E-state index in [1.54, 1.807) is 6.20 Å². The Morgan fingerprint density at radius 3 is 2.58 bits per heavy atom. The molecule has 1 atom stereocenters. The van der Waals surface area contributed by atoms with Gasteiger partial charge < -0.3 is 5.32 Å². The second-order valence-electron chi connectivity index (χ2n) is 4.22. The van der Waals surface area contributed by atoms with Crippen molar-refractivity contribution in [2.45, 2.75) is 12.5 Å². The molecule has 2 nitrogen and oxygen atoms in total. The smallest absolute Gasteiger partial charge is 0.0410 e. The molecule has 2 aromatic rings. The topological polar surface area (TPSA) is 24.9 Å². The highest BCUT2D eigenvalue weighted by Crippen LogP contribution is 2.29. The highest BCUT2D eigenvalue weighted by Gasteiger charge is 2.14. The number of likely N-dealkylation sites (N-methyl/N-ethyl adjacent to an activating group) is 1. The van der Waals surface area contributed by atoms with Crippen LogP contribution in [0.2, 0.25) is 0 Å². The number of hydrogen-bond donors (Lipinski definition) is 1. The van der Waals surface area contributed by atoms with Crippen molar-refractivity contribution in [1.82, 2.24) is 10.3 Å². The number of aromatic nitrogens is 1. The molecule has 0 bridgehead atoms. The first-order chi connectivity index (χ1) is 9.10. The predicted molar refractivity (Wildman–Crippen MR) is 89.3 cm³/mol. The lowest BCUT2D eigenvalue weighted by Crippen LogP contribution is -2.19. The van der Waals surface area contributed by atoms with Crippen LogP contribution in [-0.2, 0) is 6.42 Å². The van der Waals surface area contributed by atoms with Gasteiger partial charge in [-0.25, -0.2) is 0 Å². The Kier molecular flexibility index (Phi) is 5.57. The summed E-state index contributed by atoms with van der Waals surface area (Å²) in [6.45, 7) is 0. The summed E-state index contributed by atoms with van der Waals surface area (Å²) in [5.41, 5.74) is 2.43. The van der Waals surface area contributed by atoms with E-state index in [0.29, 0.717) is 0 Å². The molecule has 0 radical (unpaired) electrons. The molecule has 0 saturated carbocycles. The van der Waals surface area contributed by atoms with Crippen molar-refractivity contribution in [3.05, 3.63) is 61.2 Å². The molecule has 0 aliphatic heterocycles. The highest BCUT2D eigenvalue weighted by molar-refractivity contribution is 9.11. The largest absolute Gasteiger partial charge is 0.313 e. The van der Waals surface area contributed by atoms with E-state index in [0.717, 1.165) is 19.8 Å². The number of nitrogens with one attached hydrogen (secondary N) is 1. The molecule has 1 unspecified atom stereocenters. The Labute approximate surface area is 138 Å². The summed E-state index contributed by atoms with van der Waals surface area (Å²) in [5, 5.41) is 3.36. The standard InChI is InChI=1S/C14H13Br3N2/c1-18-14(5-9-4-11(16)8-19-7-9)12-6-10(15)2-3-13(12)17/h2-4,6-8,14,18H,5H2,1H3. The summed E-state index contributed by atoms with van der Waals surface area (Å²) in [6.07, 6.45) is 4.59. The lowest BCUT2D eigenvalue weighted by atomic mass is 10.0. The SMILES string of the molecule is CNC(Cc1cncc(Br)c1)c1cc(Br)ccc1Br. The zero-order valence-electron chi connectivity index (χ0n) is 10.3. The molecule has 0 spiro atoms. The molecule has 0 aliphatic rings. The first kappa shape index (κ1) is 15.2. The number of rotatable bonds is 4. The van der Waals surface area contributed by atoms with Crippen LogP contribution in [0.1, 0.15) is 17.2 Å². The molecule has 2 rings (SSSR count). The summed E-state index contributed by atoms with van der Waals surface area (Å²) >= 11 is 10.6. The zero-order chi connectivity index (χ0) is 13.8. The normalized spacial score (nSPS) is 12.4. The molecule has 1 aromatic heterocycles. The Morgan fingerprint density at radius 1 is 1.11 bits per heavy atom. The van der Waals surface area contributed by atoms with Gasteiger partial charge in [-0.2, -0.15) is 0 Å². The molecular formula is C14H13Br3N2. The molecule has 19 heavy (non-hydrogen) atoms. The molecule has 5 heteroatoms. The quantitative estimate of drug-likeness (QED) is 0.721. The maximum atomic E-state index is 4.21. The van der Waals surface area contributed by atoms with Crippen LogP contribution >= 0.6 is 47.8 Å². The lowest BCUT2D eigenvalue weighted by Gasteiger charge is -2.18. The number of hydrogen-bond acceptors (Lipinski definition) is 2. The molecule has 0 aliphatic carbocycles. The van der Waals surface area contributed by atoms with Crippen molar-refractivity contribution in [1.29, 1.82) is 0 Å². The summed E-state index contributed by atoms with van der Waals surface area (Å²) in [7, 11) is 1.98. The van der Waals surface area contributed by atoms with Gasteiger partial charge in [0.1, 0.15) is 0 Å². The first-order valence-corrected chi connectivity index (χ1v) is 8.19. The minimum absolute atomic E-state index is 0.239. The minimum atomic E-state index is 0.239. The average Bonchev–Trinajstić information content (AvgIpc) is 2.39. The van der Waals surface area contributed by atoms with Crippen molar-refractivity contribution in [3.8, 4) is 0 Å². The van der Waals surface area contributed by atoms with Crippen molar-refractivity contribution in [3.63, 3.8) is 0 Å². The summed E-state index contributed by atoms with van der Waals surface area (Å²) in [5.74, 6) is 0. The molecule has 1 N–H and O–H groups in total. The Bertz CT molecular complexity index is 572. The van der Waals surface area contributed by atoms with Crippen LogP contribution in [-0.4, -0.2) is 12.0 Å². The lowest BCUT2D eigenvalue weighted by molar-refractivity contribution is 0.588. The van der Waals surface area contributed by atoms with E-state index >= 15 is 0 Å². The third-order valence-corrected chi connectivity index (χ3v) is 4.53. The number of halogens is 3. The first-order valence-electron chi connectivity index (χ1n) is 5.82. The average molecular weight is 449 g/mol. The van der Waals surface area contributed by atoms with Crippen LogP contribution in [0.3, 0.4) is 0 Å². The van der Waals surface area contributed by atoms with Crippen LogP contribution in [0.5, 0.6) is 0 Å². The third-order valence-electron chi connectivity index (χ3n) is 2.88. The Balaban J connectivity index is 2.27. The van der Waals surface area contributed by atoms with Gasteiger partial charge in [-0.15, -0.1) is 0 Å². The maximum absolute atomic E-state index is 4.21. The summed E-state index contributed by atoms with van der Waals surface area (Å²) in [6, 6.07) is 8.56. The second kappa shape index (κ2) is 6.97. The van der Waals surface area contributed by atoms with Gasteiger partial charge >= 0.3 is 0 Å². The third kappa shape index (κ3) is 4.12. The fraction of sp³-hybridized carbons (Fsp3) is 0.214. The van der Waals surface area contributed by atoms with Gasteiger partial charge in [0.25, 0.3) is 0 Å².